The van der Waals surface area contributed by atoms with Crippen molar-refractivity contribution in [2.24, 2.45) is 5.73 Å². The molecule has 0 aliphatic rings. The summed E-state index contributed by atoms with van der Waals surface area (Å²) in [6, 6.07) is 11.7. The van der Waals surface area contributed by atoms with Gasteiger partial charge < -0.3 is 5.73 Å². The summed E-state index contributed by atoms with van der Waals surface area (Å²) in [5, 5.41) is 0. The fourth-order valence-electron chi connectivity index (χ4n) is 2.79. The van der Waals surface area contributed by atoms with Crippen LogP contribution in [0.15, 0.2) is 36.4 Å². The normalized spacial score (nSPS) is 13.3. The maximum atomic E-state index is 13.8. The molecular formula is C19H24FN. The van der Waals surface area contributed by atoms with Crippen molar-refractivity contribution in [2.75, 3.05) is 0 Å². The van der Waals surface area contributed by atoms with Gasteiger partial charge >= 0.3 is 0 Å². The molecule has 0 bridgehead atoms. The van der Waals surface area contributed by atoms with Crippen LogP contribution in [0.5, 0.6) is 0 Å². The van der Waals surface area contributed by atoms with Gasteiger partial charge in [-0.3, -0.25) is 0 Å². The third-order valence-electron chi connectivity index (χ3n) is 3.92. The first kappa shape index (κ1) is 15.7. The van der Waals surface area contributed by atoms with Crippen LogP contribution in [0, 0.1) is 19.7 Å². The smallest absolute Gasteiger partial charge is 0.129 e. The lowest BCUT2D eigenvalue weighted by atomic mass is 9.80. The van der Waals surface area contributed by atoms with Gasteiger partial charge in [0.2, 0.25) is 0 Å². The molecule has 0 aliphatic heterocycles. The summed E-state index contributed by atoms with van der Waals surface area (Å²) in [6.07, 6.45) is 0. The summed E-state index contributed by atoms with van der Waals surface area (Å²) in [6.45, 7) is 10.1. The van der Waals surface area contributed by atoms with Crippen LogP contribution in [0.25, 0.3) is 0 Å². The zero-order chi connectivity index (χ0) is 15.8. The first-order chi connectivity index (χ1) is 9.71. The molecule has 0 radical (unpaired) electrons. The lowest BCUT2D eigenvalue weighted by Crippen LogP contribution is -2.21. The Bertz CT molecular complexity index is 630. The van der Waals surface area contributed by atoms with E-state index in [-0.39, 0.29) is 17.3 Å². The van der Waals surface area contributed by atoms with Crippen LogP contribution in [-0.2, 0) is 5.41 Å². The number of benzene rings is 2. The number of rotatable bonds is 2. The van der Waals surface area contributed by atoms with Gasteiger partial charge in [-0.1, -0.05) is 57.2 Å². The molecule has 0 spiro atoms. The maximum Gasteiger partial charge on any atom is 0.129 e. The molecule has 1 atom stereocenters. The van der Waals surface area contributed by atoms with E-state index in [0.717, 1.165) is 11.1 Å². The van der Waals surface area contributed by atoms with Gasteiger partial charge in [-0.05, 0) is 47.1 Å². The van der Waals surface area contributed by atoms with Crippen LogP contribution in [0.4, 0.5) is 4.39 Å². The van der Waals surface area contributed by atoms with E-state index in [1.165, 1.54) is 5.56 Å². The van der Waals surface area contributed by atoms with E-state index in [1.54, 1.807) is 13.8 Å². The van der Waals surface area contributed by atoms with Crippen molar-refractivity contribution in [2.45, 2.75) is 46.1 Å². The molecule has 0 fully saturated rings. The molecule has 0 amide bonds. The summed E-state index contributed by atoms with van der Waals surface area (Å²) in [5.74, 6) is -0.143. The second kappa shape index (κ2) is 5.61. The zero-order valence-electron chi connectivity index (χ0n) is 13.5. The summed E-state index contributed by atoms with van der Waals surface area (Å²) in [4.78, 5) is 0. The van der Waals surface area contributed by atoms with Crippen molar-refractivity contribution in [1.82, 2.24) is 0 Å². The highest BCUT2D eigenvalue weighted by molar-refractivity contribution is 5.42. The van der Waals surface area contributed by atoms with Crippen molar-refractivity contribution in [3.63, 3.8) is 0 Å². The minimum Gasteiger partial charge on any atom is -0.320 e. The first-order valence-electron chi connectivity index (χ1n) is 7.33. The first-order valence-corrected chi connectivity index (χ1v) is 7.33. The van der Waals surface area contributed by atoms with Crippen LogP contribution < -0.4 is 5.73 Å². The Kier molecular flexibility index (Phi) is 4.20. The Morgan fingerprint density at radius 2 is 1.52 bits per heavy atom. The molecule has 21 heavy (non-hydrogen) atoms. The van der Waals surface area contributed by atoms with Crippen molar-refractivity contribution in [3.8, 4) is 0 Å². The summed E-state index contributed by atoms with van der Waals surface area (Å²) in [7, 11) is 0. The summed E-state index contributed by atoms with van der Waals surface area (Å²) >= 11 is 0. The van der Waals surface area contributed by atoms with Gasteiger partial charge in [0.1, 0.15) is 5.82 Å². The quantitative estimate of drug-likeness (QED) is 0.843. The molecule has 0 saturated carbocycles. The third-order valence-corrected chi connectivity index (χ3v) is 3.92. The Morgan fingerprint density at radius 3 is 2.05 bits per heavy atom. The molecule has 0 aromatic heterocycles. The van der Waals surface area contributed by atoms with Gasteiger partial charge in [0, 0.05) is 0 Å². The number of halogens is 1. The summed E-state index contributed by atoms with van der Waals surface area (Å²) in [5.41, 5.74) is 11.1. The van der Waals surface area contributed by atoms with E-state index < -0.39 is 0 Å². The molecule has 0 saturated heterocycles. The number of aryl methyl sites for hydroxylation is 2. The number of nitrogens with two attached hydrogens (primary N) is 1. The van der Waals surface area contributed by atoms with Crippen molar-refractivity contribution in [3.05, 3.63) is 70.0 Å². The highest BCUT2D eigenvalue weighted by atomic mass is 19.1. The van der Waals surface area contributed by atoms with Crippen LogP contribution in [0.1, 0.15) is 54.6 Å². The Balaban J connectivity index is 2.53. The van der Waals surface area contributed by atoms with E-state index in [0.29, 0.717) is 11.1 Å². The van der Waals surface area contributed by atoms with E-state index in [1.807, 2.05) is 24.3 Å². The van der Waals surface area contributed by atoms with Gasteiger partial charge in [-0.25, -0.2) is 4.39 Å². The topological polar surface area (TPSA) is 26.0 Å². The monoisotopic (exact) mass is 285 g/mol. The lowest BCUT2D eigenvalue weighted by molar-refractivity contribution is 0.577. The fourth-order valence-corrected chi connectivity index (χ4v) is 2.79. The van der Waals surface area contributed by atoms with Crippen molar-refractivity contribution in [1.29, 1.82) is 0 Å². The van der Waals surface area contributed by atoms with Gasteiger partial charge in [0.15, 0.2) is 0 Å². The predicted octanol–water partition coefficient (Wildman–Crippen LogP) is 4.79. The van der Waals surface area contributed by atoms with Crippen LogP contribution in [0.3, 0.4) is 0 Å². The van der Waals surface area contributed by atoms with Crippen LogP contribution >= 0.6 is 0 Å². The van der Waals surface area contributed by atoms with E-state index in [2.05, 4.69) is 32.9 Å². The highest BCUT2D eigenvalue weighted by Crippen LogP contribution is 2.32. The largest absolute Gasteiger partial charge is 0.320 e. The highest BCUT2D eigenvalue weighted by Gasteiger charge is 2.22. The average Bonchev–Trinajstić information content (AvgIpc) is 2.42. The molecule has 2 aromatic carbocycles. The number of hydrogen-bond donors (Lipinski definition) is 1. The second-order valence-corrected chi connectivity index (χ2v) is 6.78. The average molecular weight is 285 g/mol. The van der Waals surface area contributed by atoms with Crippen molar-refractivity contribution >= 4 is 0 Å². The molecule has 0 aliphatic carbocycles. The van der Waals surface area contributed by atoms with E-state index in [4.69, 9.17) is 5.73 Å². The van der Waals surface area contributed by atoms with Gasteiger partial charge in [0.05, 0.1) is 6.04 Å². The SMILES string of the molecule is Cc1cc(C(N)c2ccccc2C(C)(C)C)cc(C)c1F. The van der Waals surface area contributed by atoms with Crippen molar-refractivity contribution < 1.29 is 4.39 Å². The van der Waals surface area contributed by atoms with Crippen LogP contribution in [0.2, 0.25) is 0 Å². The Labute approximate surface area is 127 Å². The minimum absolute atomic E-state index is 0.0261. The molecule has 0 heterocycles. The van der Waals surface area contributed by atoms with E-state index >= 15 is 0 Å². The molecule has 2 N–H and O–H groups in total. The number of hydrogen-bond acceptors (Lipinski definition) is 1. The van der Waals surface area contributed by atoms with Gasteiger partial charge in [0.25, 0.3) is 0 Å². The predicted molar refractivity (Wildman–Crippen MR) is 87.0 cm³/mol. The maximum absolute atomic E-state index is 13.8. The molecule has 1 unspecified atom stereocenters. The molecule has 2 heteroatoms. The second-order valence-electron chi connectivity index (χ2n) is 6.78. The third kappa shape index (κ3) is 3.16. The molecule has 1 nitrogen and oxygen atoms in total. The molecule has 112 valence electrons. The van der Waals surface area contributed by atoms with Gasteiger partial charge in [-0.2, -0.15) is 0 Å². The Morgan fingerprint density at radius 1 is 1.00 bits per heavy atom. The van der Waals surface area contributed by atoms with Gasteiger partial charge in [-0.15, -0.1) is 0 Å². The minimum atomic E-state index is -0.238. The van der Waals surface area contributed by atoms with E-state index in [9.17, 15) is 4.39 Å². The standard InChI is InChI=1S/C19H24FN/c1-12-10-14(11-13(2)17(12)20)18(21)15-8-6-7-9-16(15)19(3,4)5/h6-11,18H,21H2,1-5H3. The fraction of sp³-hybridized carbons (Fsp3) is 0.368. The molecular weight excluding hydrogens is 261 g/mol. The zero-order valence-corrected chi connectivity index (χ0v) is 13.5. The lowest BCUT2D eigenvalue weighted by Gasteiger charge is -2.26. The Hall–Kier alpha value is -1.67. The summed E-state index contributed by atoms with van der Waals surface area (Å²) < 4.78 is 13.8. The molecule has 2 rings (SSSR count). The molecule has 2 aromatic rings. The van der Waals surface area contributed by atoms with Crippen LogP contribution in [-0.4, -0.2) is 0 Å².